The Balaban J connectivity index is 3.91. The third-order valence-corrected chi connectivity index (χ3v) is 0.965. The van der Waals surface area contributed by atoms with Gasteiger partial charge in [0.25, 0.3) is 0 Å². The lowest BCUT2D eigenvalue weighted by atomic mass is 11.2. The van der Waals surface area contributed by atoms with E-state index in [-0.39, 0.29) is 0 Å². The van der Waals surface area contributed by atoms with Crippen molar-refractivity contribution >= 4 is 16.1 Å². The van der Waals surface area contributed by atoms with Crippen LogP contribution in [0.5, 0.6) is 0 Å². The maximum Gasteiger partial charge on any atom is 0.342 e. The van der Waals surface area contributed by atoms with Crippen LogP contribution in [-0.4, -0.2) is 20.7 Å². The average molecular weight is 153 g/mol. The van der Waals surface area contributed by atoms with Crippen molar-refractivity contribution in [2.45, 2.75) is 0 Å². The minimum Gasteiger partial charge on any atom is -0.275 e. The maximum absolute atomic E-state index is 10.2. The summed E-state index contributed by atoms with van der Waals surface area (Å²) in [6.07, 6.45) is 0.849. The highest BCUT2D eigenvalue weighted by atomic mass is 32.2. The van der Waals surface area contributed by atoms with Crippen LogP contribution in [0.25, 0.3) is 0 Å². The summed E-state index contributed by atoms with van der Waals surface area (Å²) in [6.45, 7) is 0. The molecule has 0 aliphatic rings. The van der Waals surface area contributed by atoms with Crippen LogP contribution in [0.4, 0.5) is 4.79 Å². The molecule has 0 aromatic rings. The third kappa shape index (κ3) is 5.04. The summed E-state index contributed by atoms with van der Waals surface area (Å²) in [6, 6.07) is -0.947. The van der Waals surface area contributed by atoms with Gasteiger partial charge in [0.2, 0.25) is 10.0 Å². The third-order valence-electron chi connectivity index (χ3n) is 0.409. The van der Waals surface area contributed by atoms with E-state index in [2.05, 4.69) is 5.84 Å². The second-order valence-corrected chi connectivity index (χ2v) is 3.10. The molecule has 0 heterocycles. The Kier molecular flexibility index (Phi) is 2.41. The first kappa shape index (κ1) is 8.18. The molecule has 0 fully saturated rings. The monoisotopic (exact) mass is 153 g/mol. The zero-order valence-corrected chi connectivity index (χ0v) is 5.53. The Hall–Kier alpha value is -0.820. The number of carbonyl (C=O) groups excluding carboxylic acids is 1. The lowest BCUT2D eigenvalue weighted by molar-refractivity contribution is 0.246. The lowest BCUT2D eigenvalue weighted by Gasteiger charge is -1.98. The fourth-order valence-electron chi connectivity index (χ4n) is 0.198. The van der Waals surface area contributed by atoms with Crippen LogP contribution in [0, 0.1) is 0 Å². The first-order valence-corrected chi connectivity index (χ1v) is 3.83. The van der Waals surface area contributed by atoms with Crippen LogP contribution < -0.4 is 16.0 Å². The van der Waals surface area contributed by atoms with Crippen LogP contribution in [0.3, 0.4) is 0 Å². The number of nitrogens with two attached hydrogens (primary N) is 1. The molecule has 0 saturated heterocycles. The molecule has 0 bridgehead atoms. The molecule has 0 aliphatic heterocycles. The van der Waals surface area contributed by atoms with Gasteiger partial charge >= 0.3 is 6.03 Å². The number of nitrogens with one attached hydrogen (secondary N) is 2. The number of hydrazine groups is 1. The summed E-state index contributed by atoms with van der Waals surface area (Å²) in [7, 11) is -3.48. The summed E-state index contributed by atoms with van der Waals surface area (Å²) in [5, 5.41) is 0. The van der Waals surface area contributed by atoms with E-state index in [1.807, 2.05) is 0 Å². The van der Waals surface area contributed by atoms with E-state index < -0.39 is 16.1 Å². The molecule has 9 heavy (non-hydrogen) atoms. The van der Waals surface area contributed by atoms with Crippen molar-refractivity contribution < 1.29 is 13.2 Å². The molecule has 0 atom stereocenters. The van der Waals surface area contributed by atoms with Crippen molar-refractivity contribution in [1.29, 1.82) is 0 Å². The molecule has 0 aliphatic carbocycles. The van der Waals surface area contributed by atoms with Gasteiger partial charge in [-0.1, -0.05) is 0 Å². The number of urea groups is 1. The van der Waals surface area contributed by atoms with E-state index in [0.717, 1.165) is 6.26 Å². The molecular weight excluding hydrogens is 146 g/mol. The Morgan fingerprint density at radius 3 is 2.11 bits per heavy atom. The van der Waals surface area contributed by atoms with Crippen molar-refractivity contribution in [2.24, 2.45) is 5.84 Å². The molecule has 0 aromatic heterocycles. The molecule has 0 spiro atoms. The molecule has 4 N–H and O–H groups in total. The second-order valence-electron chi connectivity index (χ2n) is 1.35. The largest absolute Gasteiger partial charge is 0.342 e. The van der Waals surface area contributed by atoms with Crippen LogP contribution in [0.2, 0.25) is 0 Å². The standard InChI is InChI=1S/C2H7N3O3S/c1-9(7,8)5-2(6)4-3/h3H2,1H3,(H2,4,5,6). The highest BCUT2D eigenvalue weighted by molar-refractivity contribution is 7.89. The highest BCUT2D eigenvalue weighted by Gasteiger charge is 2.03. The van der Waals surface area contributed by atoms with Gasteiger partial charge in [-0.2, -0.15) is 0 Å². The molecule has 54 valence electrons. The lowest BCUT2D eigenvalue weighted by Crippen LogP contribution is -2.42. The van der Waals surface area contributed by atoms with Gasteiger partial charge in [-0.05, 0) is 0 Å². The van der Waals surface area contributed by atoms with Crippen molar-refractivity contribution in [3.63, 3.8) is 0 Å². The fourth-order valence-corrected chi connectivity index (χ4v) is 0.594. The predicted octanol–water partition coefficient (Wildman–Crippen LogP) is -1.88. The van der Waals surface area contributed by atoms with E-state index in [1.165, 1.54) is 0 Å². The summed E-state index contributed by atoms with van der Waals surface area (Å²) in [5.74, 6) is 4.55. The first-order chi connectivity index (χ1) is 3.95. The Morgan fingerprint density at radius 2 is 2.00 bits per heavy atom. The molecule has 0 unspecified atom stereocenters. The quantitative estimate of drug-likeness (QED) is 0.233. The summed E-state index contributed by atoms with van der Waals surface area (Å²) < 4.78 is 21.9. The molecule has 0 saturated carbocycles. The molecule has 7 heteroatoms. The molecular formula is C2H7N3O3S. The van der Waals surface area contributed by atoms with Gasteiger partial charge in [-0.25, -0.2) is 23.8 Å². The molecule has 6 nitrogen and oxygen atoms in total. The van der Waals surface area contributed by atoms with Crippen molar-refractivity contribution in [1.82, 2.24) is 10.1 Å². The topological polar surface area (TPSA) is 101 Å². The highest BCUT2D eigenvalue weighted by Crippen LogP contribution is 1.70. The Bertz CT molecular complexity index is 195. The normalized spacial score (nSPS) is 10.4. The van der Waals surface area contributed by atoms with Crippen LogP contribution in [0.15, 0.2) is 0 Å². The van der Waals surface area contributed by atoms with E-state index in [1.54, 1.807) is 10.1 Å². The predicted molar refractivity (Wildman–Crippen MR) is 30.7 cm³/mol. The average Bonchev–Trinajstić information content (AvgIpc) is 1.62. The number of carbonyl (C=O) groups is 1. The number of sulfonamides is 1. The maximum atomic E-state index is 10.2. The molecule has 0 rings (SSSR count). The van der Waals surface area contributed by atoms with Crippen molar-refractivity contribution in [2.75, 3.05) is 6.26 Å². The number of hydrogen-bond donors (Lipinski definition) is 3. The summed E-state index contributed by atoms with van der Waals surface area (Å²) >= 11 is 0. The minimum atomic E-state index is -3.48. The van der Waals surface area contributed by atoms with E-state index in [9.17, 15) is 13.2 Å². The van der Waals surface area contributed by atoms with Gasteiger partial charge in [0.05, 0.1) is 6.26 Å². The zero-order valence-electron chi connectivity index (χ0n) is 4.71. The van der Waals surface area contributed by atoms with Gasteiger partial charge < -0.3 is 0 Å². The SMILES string of the molecule is CS(=O)(=O)NC(=O)NN. The van der Waals surface area contributed by atoms with Crippen LogP contribution in [0.1, 0.15) is 0 Å². The van der Waals surface area contributed by atoms with Gasteiger partial charge in [-0.15, -0.1) is 0 Å². The second kappa shape index (κ2) is 2.65. The number of amides is 2. The minimum absolute atomic E-state index is 0.849. The zero-order chi connectivity index (χ0) is 7.49. The summed E-state index contributed by atoms with van der Waals surface area (Å²) in [4.78, 5) is 10.1. The van der Waals surface area contributed by atoms with Gasteiger partial charge in [0.1, 0.15) is 0 Å². The van der Waals surface area contributed by atoms with Crippen molar-refractivity contribution in [3.05, 3.63) is 0 Å². The fraction of sp³-hybridized carbons (Fsp3) is 0.500. The Labute approximate surface area is 52.4 Å². The van der Waals surface area contributed by atoms with Crippen LogP contribution in [-0.2, 0) is 10.0 Å². The van der Waals surface area contributed by atoms with Crippen molar-refractivity contribution in [3.8, 4) is 0 Å². The van der Waals surface area contributed by atoms with E-state index in [0.29, 0.717) is 0 Å². The van der Waals surface area contributed by atoms with Crippen LogP contribution >= 0.6 is 0 Å². The molecule has 2 amide bonds. The summed E-state index contributed by atoms with van der Waals surface area (Å²) in [5.41, 5.74) is 1.59. The smallest absolute Gasteiger partial charge is 0.275 e. The van der Waals surface area contributed by atoms with E-state index >= 15 is 0 Å². The molecule has 0 aromatic carbocycles. The number of hydrogen-bond acceptors (Lipinski definition) is 4. The number of rotatable bonds is 1. The Morgan fingerprint density at radius 1 is 1.56 bits per heavy atom. The first-order valence-electron chi connectivity index (χ1n) is 1.94. The molecule has 0 radical (unpaired) electrons. The van der Waals surface area contributed by atoms with Gasteiger partial charge in [0.15, 0.2) is 0 Å². The van der Waals surface area contributed by atoms with Gasteiger partial charge in [-0.3, -0.25) is 5.43 Å². The van der Waals surface area contributed by atoms with Gasteiger partial charge in [0, 0.05) is 0 Å². The van der Waals surface area contributed by atoms with E-state index in [4.69, 9.17) is 0 Å².